The normalized spacial score (nSPS) is 20.9. The summed E-state index contributed by atoms with van der Waals surface area (Å²) < 4.78 is 5.44. The van der Waals surface area contributed by atoms with Crippen LogP contribution in [-0.4, -0.2) is 44.2 Å². The maximum Gasteiger partial charge on any atom is 0.137 e. The molecule has 1 aliphatic heterocycles. The molecule has 1 N–H and O–H groups in total. The van der Waals surface area contributed by atoms with E-state index in [1.54, 1.807) is 0 Å². The number of nitrogens with one attached hydrogen (secondary N) is 1. The largest absolute Gasteiger partial charge is 0.492 e. The van der Waals surface area contributed by atoms with Crippen LogP contribution in [0.4, 0.5) is 0 Å². The summed E-state index contributed by atoms with van der Waals surface area (Å²) in [5.41, 5.74) is 1.26. The zero-order chi connectivity index (χ0) is 13.0. The van der Waals surface area contributed by atoms with Crippen LogP contribution in [0, 0.1) is 0 Å². The van der Waals surface area contributed by atoms with Crippen LogP contribution in [0.2, 0.25) is 5.02 Å². The van der Waals surface area contributed by atoms with Gasteiger partial charge in [0.05, 0.1) is 11.6 Å². The number of benzene rings is 1. The van der Waals surface area contributed by atoms with E-state index in [2.05, 4.69) is 23.3 Å². The smallest absolute Gasteiger partial charge is 0.137 e. The zero-order valence-electron chi connectivity index (χ0n) is 11.1. The molecule has 1 aromatic carbocycles. The fourth-order valence-electron chi connectivity index (χ4n) is 2.36. The Kier molecular flexibility index (Phi) is 4.87. The molecule has 0 saturated carbocycles. The van der Waals surface area contributed by atoms with Crippen molar-refractivity contribution in [2.45, 2.75) is 19.4 Å². The topological polar surface area (TPSA) is 24.5 Å². The number of likely N-dealkylation sites (N-methyl/N-ethyl adjacent to an activating group) is 1. The van der Waals surface area contributed by atoms with Crippen molar-refractivity contribution in [1.29, 1.82) is 0 Å². The quantitative estimate of drug-likeness (QED) is 0.906. The Bertz CT molecular complexity index is 397. The van der Waals surface area contributed by atoms with Crippen LogP contribution >= 0.6 is 11.6 Å². The summed E-state index contributed by atoms with van der Waals surface area (Å²) in [6, 6.07) is 6.60. The first-order valence-corrected chi connectivity index (χ1v) is 6.90. The van der Waals surface area contributed by atoms with Crippen molar-refractivity contribution in [3.05, 3.63) is 28.8 Å². The van der Waals surface area contributed by atoms with Gasteiger partial charge < -0.3 is 15.0 Å². The SMILES string of the molecule is CCOc1ccc(CC2CN(C)CCN2)cc1Cl. The molecule has 0 bridgehead atoms. The zero-order valence-corrected chi connectivity index (χ0v) is 11.8. The fourth-order valence-corrected chi connectivity index (χ4v) is 2.61. The lowest BCUT2D eigenvalue weighted by molar-refractivity contribution is 0.238. The van der Waals surface area contributed by atoms with Crippen molar-refractivity contribution in [2.75, 3.05) is 33.3 Å². The van der Waals surface area contributed by atoms with Gasteiger partial charge in [-0.1, -0.05) is 17.7 Å². The first-order chi connectivity index (χ1) is 8.69. The van der Waals surface area contributed by atoms with E-state index in [0.717, 1.165) is 31.8 Å². The monoisotopic (exact) mass is 268 g/mol. The lowest BCUT2D eigenvalue weighted by Crippen LogP contribution is -2.49. The minimum absolute atomic E-state index is 0.512. The van der Waals surface area contributed by atoms with Crippen molar-refractivity contribution in [3.63, 3.8) is 0 Å². The molecular formula is C14H21ClN2O. The van der Waals surface area contributed by atoms with Crippen LogP contribution in [-0.2, 0) is 6.42 Å². The Balaban J connectivity index is 1.99. The third-order valence-electron chi connectivity index (χ3n) is 3.24. The predicted molar refractivity (Wildman–Crippen MR) is 75.6 cm³/mol. The third-order valence-corrected chi connectivity index (χ3v) is 3.53. The van der Waals surface area contributed by atoms with Gasteiger partial charge in [0.1, 0.15) is 5.75 Å². The highest BCUT2D eigenvalue weighted by molar-refractivity contribution is 6.32. The number of halogens is 1. The Labute approximate surface area is 114 Å². The van der Waals surface area contributed by atoms with E-state index in [9.17, 15) is 0 Å². The summed E-state index contributed by atoms with van der Waals surface area (Å²) in [6.07, 6.45) is 1.01. The number of hydrogen-bond donors (Lipinski definition) is 1. The van der Waals surface area contributed by atoms with Crippen molar-refractivity contribution in [3.8, 4) is 5.75 Å². The minimum Gasteiger partial charge on any atom is -0.492 e. The maximum atomic E-state index is 6.20. The number of nitrogens with zero attached hydrogens (tertiary/aromatic N) is 1. The fraction of sp³-hybridized carbons (Fsp3) is 0.571. The highest BCUT2D eigenvalue weighted by atomic mass is 35.5. The van der Waals surface area contributed by atoms with Crippen LogP contribution in [0.25, 0.3) is 0 Å². The first kappa shape index (κ1) is 13.7. The molecule has 1 aliphatic rings. The molecule has 4 heteroatoms. The molecule has 0 amide bonds. The molecule has 0 aliphatic carbocycles. The number of rotatable bonds is 4. The molecule has 1 aromatic rings. The van der Waals surface area contributed by atoms with Crippen LogP contribution in [0.3, 0.4) is 0 Å². The molecule has 0 aromatic heterocycles. The summed E-state index contributed by atoms with van der Waals surface area (Å²) in [5, 5.41) is 4.25. The molecule has 18 heavy (non-hydrogen) atoms. The van der Waals surface area contributed by atoms with Crippen LogP contribution in [0.5, 0.6) is 5.75 Å². The number of piperazine rings is 1. The van der Waals surface area contributed by atoms with Gasteiger partial charge >= 0.3 is 0 Å². The van der Waals surface area contributed by atoms with Crippen molar-refractivity contribution >= 4 is 11.6 Å². The van der Waals surface area contributed by atoms with E-state index < -0.39 is 0 Å². The van der Waals surface area contributed by atoms with Gasteiger partial charge in [-0.2, -0.15) is 0 Å². The van der Waals surface area contributed by atoms with Crippen LogP contribution in [0.1, 0.15) is 12.5 Å². The van der Waals surface area contributed by atoms with E-state index in [0.29, 0.717) is 17.7 Å². The molecule has 1 heterocycles. The Morgan fingerprint density at radius 1 is 1.50 bits per heavy atom. The first-order valence-electron chi connectivity index (χ1n) is 6.52. The van der Waals surface area contributed by atoms with Crippen LogP contribution in [0.15, 0.2) is 18.2 Å². The van der Waals surface area contributed by atoms with Gasteiger partial charge in [-0.3, -0.25) is 0 Å². The van der Waals surface area contributed by atoms with E-state index in [-0.39, 0.29) is 0 Å². The second-order valence-corrected chi connectivity index (χ2v) is 5.22. The Hall–Kier alpha value is -0.770. The predicted octanol–water partition coefficient (Wildman–Crippen LogP) is 2.18. The summed E-state index contributed by atoms with van der Waals surface area (Å²) in [4.78, 5) is 2.36. The number of hydrogen-bond acceptors (Lipinski definition) is 3. The second-order valence-electron chi connectivity index (χ2n) is 4.82. The number of ether oxygens (including phenoxy) is 1. The molecule has 0 radical (unpaired) electrons. The Morgan fingerprint density at radius 3 is 3.00 bits per heavy atom. The molecule has 3 nitrogen and oxygen atoms in total. The second kappa shape index (κ2) is 6.41. The third kappa shape index (κ3) is 3.61. The van der Waals surface area contributed by atoms with Crippen LogP contribution < -0.4 is 10.1 Å². The molecule has 2 rings (SSSR count). The lowest BCUT2D eigenvalue weighted by Gasteiger charge is -2.31. The van der Waals surface area contributed by atoms with Gasteiger partial charge in [0.15, 0.2) is 0 Å². The van der Waals surface area contributed by atoms with E-state index >= 15 is 0 Å². The van der Waals surface area contributed by atoms with Gasteiger partial charge in [0.25, 0.3) is 0 Å². The standard InChI is InChI=1S/C14H21ClN2O/c1-3-18-14-5-4-11(9-13(14)15)8-12-10-17(2)7-6-16-12/h4-5,9,12,16H,3,6-8,10H2,1-2H3. The van der Waals surface area contributed by atoms with Crippen molar-refractivity contribution < 1.29 is 4.74 Å². The molecule has 1 atom stereocenters. The summed E-state index contributed by atoms with van der Waals surface area (Å²) in [6.45, 7) is 5.89. The highest BCUT2D eigenvalue weighted by Gasteiger charge is 2.17. The average molecular weight is 269 g/mol. The molecule has 100 valence electrons. The maximum absolute atomic E-state index is 6.20. The lowest BCUT2D eigenvalue weighted by atomic mass is 10.0. The summed E-state index contributed by atoms with van der Waals surface area (Å²) >= 11 is 6.20. The average Bonchev–Trinajstić information content (AvgIpc) is 2.33. The van der Waals surface area contributed by atoms with Gasteiger partial charge in [0.2, 0.25) is 0 Å². The summed E-state index contributed by atoms with van der Waals surface area (Å²) in [7, 11) is 2.17. The van der Waals surface area contributed by atoms with E-state index in [1.165, 1.54) is 5.56 Å². The minimum atomic E-state index is 0.512. The summed E-state index contributed by atoms with van der Waals surface area (Å²) in [5.74, 6) is 0.775. The van der Waals surface area contributed by atoms with E-state index in [4.69, 9.17) is 16.3 Å². The van der Waals surface area contributed by atoms with Crippen molar-refractivity contribution in [2.24, 2.45) is 0 Å². The molecule has 0 spiro atoms. The molecular weight excluding hydrogens is 248 g/mol. The van der Waals surface area contributed by atoms with Crippen molar-refractivity contribution in [1.82, 2.24) is 10.2 Å². The van der Waals surface area contributed by atoms with E-state index in [1.807, 2.05) is 19.1 Å². The highest BCUT2D eigenvalue weighted by Crippen LogP contribution is 2.26. The molecule has 1 unspecified atom stereocenters. The van der Waals surface area contributed by atoms with Gasteiger partial charge in [-0.15, -0.1) is 0 Å². The Morgan fingerprint density at radius 2 is 2.33 bits per heavy atom. The van der Waals surface area contributed by atoms with Gasteiger partial charge in [-0.25, -0.2) is 0 Å². The molecule has 1 fully saturated rings. The molecule has 1 saturated heterocycles. The van der Waals surface area contributed by atoms with Gasteiger partial charge in [0, 0.05) is 25.7 Å². The van der Waals surface area contributed by atoms with Gasteiger partial charge in [-0.05, 0) is 38.1 Å².